The lowest BCUT2D eigenvalue weighted by Crippen LogP contribution is -2.43. The Bertz CT molecular complexity index is 581. The van der Waals surface area contributed by atoms with Crippen LogP contribution in [0.25, 0.3) is 5.69 Å². The molecule has 1 saturated heterocycles. The fraction of sp³-hybridized carbons (Fsp3) is 0.471. The molecule has 1 aliphatic heterocycles. The van der Waals surface area contributed by atoms with Crippen LogP contribution in [0, 0.1) is 5.41 Å². The van der Waals surface area contributed by atoms with Crippen LogP contribution in [0.1, 0.15) is 25.3 Å². The van der Waals surface area contributed by atoms with Gasteiger partial charge in [-0.25, -0.2) is 4.68 Å². The van der Waals surface area contributed by atoms with Crippen LogP contribution in [0.15, 0.2) is 42.7 Å². The van der Waals surface area contributed by atoms with E-state index >= 15 is 0 Å². The second-order valence-electron chi connectivity index (χ2n) is 6.41. The fourth-order valence-electron chi connectivity index (χ4n) is 3.11. The predicted octanol–water partition coefficient (Wildman–Crippen LogP) is 2.47. The summed E-state index contributed by atoms with van der Waals surface area (Å²) in [6.45, 7) is 5.41. The molecule has 21 heavy (non-hydrogen) atoms. The molecule has 4 heteroatoms. The number of para-hydroxylation sites is 1. The Morgan fingerprint density at radius 1 is 1.29 bits per heavy atom. The Morgan fingerprint density at radius 2 is 2.10 bits per heavy atom. The van der Waals surface area contributed by atoms with E-state index in [1.54, 1.807) is 0 Å². The van der Waals surface area contributed by atoms with Crippen LogP contribution in [0.5, 0.6) is 0 Å². The summed E-state index contributed by atoms with van der Waals surface area (Å²) < 4.78 is 1.92. The van der Waals surface area contributed by atoms with Crippen molar-refractivity contribution in [2.45, 2.75) is 26.3 Å². The summed E-state index contributed by atoms with van der Waals surface area (Å²) in [5.74, 6) is 0. The van der Waals surface area contributed by atoms with E-state index in [1.165, 1.54) is 5.56 Å². The predicted molar refractivity (Wildman–Crippen MR) is 83.3 cm³/mol. The summed E-state index contributed by atoms with van der Waals surface area (Å²) in [6, 6.07) is 10.2. The van der Waals surface area contributed by atoms with Gasteiger partial charge in [0.05, 0.1) is 11.9 Å². The third-order valence-electron chi connectivity index (χ3n) is 4.30. The number of piperidine rings is 1. The Hall–Kier alpha value is -1.65. The first-order valence-electron chi connectivity index (χ1n) is 7.61. The van der Waals surface area contributed by atoms with Gasteiger partial charge in [-0.1, -0.05) is 25.1 Å². The van der Waals surface area contributed by atoms with Crippen molar-refractivity contribution in [3.05, 3.63) is 48.3 Å². The third-order valence-corrected chi connectivity index (χ3v) is 4.30. The molecule has 0 bridgehead atoms. The molecule has 112 valence electrons. The monoisotopic (exact) mass is 285 g/mol. The maximum Gasteiger partial charge on any atom is 0.0645 e. The standard InChI is InChI=1S/C17H23N3O/c1-17(14-21)8-5-9-19(13-17)11-15-10-18-20(12-15)16-6-3-2-4-7-16/h2-4,6-7,10,12,21H,5,8-9,11,13-14H2,1H3. The summed E-state index contributed by atoms with van der Waals surface area (Å²) in [4.78, 5) is 2.42. The molecule has 0 spiro atoms. The minimum Gasteiger partial charge on any atom is -0.396 e. The Labute approximate surface area is 126 Å². The smallest absolute Gasteiger partial charge is 0.0645 e. The highest BCUT2D eigenvalue weighted by Crippen LogP contribution is 2.29. The third kappa shape index (κ3) is 3.34. The first-order chi connectivity index (χ1) is 10.2. The molecule has 1 N–H and O–H groups in total. The van der Waals surface area contributed by atoms with Gasteiger partial charge in [-0.15, -0.1) is 0 Å². The molecule has 1 aromatic heterocycles. The highest BCUT2D eigenvalue weighted by atomic mass is 16.3. The average molecular weight is 285 g/mol. The van der Waals surface area contributed by atoms with E-state index in [9.17, 15) is 5.11 Å². The summed E-state index contributed by atoms with van der Waals surface area (Å²) in [5, 5.41) is 14.0. The summed E-state index contributed by atoms with van der Waals surface area (Å²) in [5.41, 5.74) is 2.36. The minimum atomic E-state index is 0.0493. The SMILES string of the molecule is CC1(CO)CCCN(Cc2cnn(-c3ccccc3)c2)C1. The van der Waals surface area contributed by atoms with Crippen molar-refractivity contribution in [3.8, 4) is 5.69 Å². The number of hydrogen-bond acceptors (Lipinski definition) is 3. The largest absolute Gasteiger partial charge is 0.396 e. The van der Waals surface area contributed by atoms with Crippen LogP contribution in [0.2, 0.25) is 0 Å². The summed E-state index contributed by atoms with van der Waals surface area (Å²) >= 11 is 0. The molecule has 1 aliphatic rings. The number of benzene rings is 1. The van der Waals surface area contributed by atoms with E-state index in [2.05, 4.69) is 35.3 Å². The highest BCUT2D eigenvalue weighted by Gasteiger charge is 2.30. The van der Waals surface area contributed by atoms with E-state index in [-0.39, 0.29) is 12.0 Å². The van der Waals surface area contributed by atoms with Crippen LogP contribution < -0.4 is 0 Å². The van der Waals surface area contributed by atoms with Crippen molar-refractivity contribution in [1.82, 2.24) is 14.7 Å². The number of aliphatic hydroxyl groups excluding tert-OH is 1. The zero-order valence-electron chi connectivity index (χ0n) is 12.6. The first-order valence-corrected chi connectivity index (χ1v) is 7.61. The minimum absolute atomic E-state index is 0.0493. The van der Waals surface area contributed by atoms with Crippen molar-refractivity contribution in [2.24, 2.45) is 5.41 Å². The van der Waals surface area contributed by atoms with Crippen molar-refractivity contribution in [2.75, 3.05) is 19.7 Å². The number of likely N-dealkylation sites (tertiary alicyclic amines) is 1. The summed E-state index contributed by atoms with van der Waals surface area (Å²) in [7, 11) is 0. The molecule has 0 saturated carbocycles. The first kappa shape index (κ1) is 14.3. The number of nitrogens with zero attached hydrogens (tertiary/aromatic N) is 3. The van der Waals surface area contributed by atoms with E-state index < -0.39 is 0 Å². The second kappa shape index (κ2) is 6.00. The average Bonchev–Trinajstić information content (AvgIpc) is 2.97. The van der Waals surface area contributed by atoms with Crippen LogP contribution in [-0.2, 0) is 6.54 Å². The maximum atomic E-state index is 9.54. The molecule has 1 atom stereocenters. The molecule has 2 aromatic rings. The normalized spacial score (nSPS) is 23.3. The molecule has 0 aliphatic carbocycles. The maximum absolute atomic E-state index is 9.54. The Kier molecular flexibility index (Phi) is 4.08. The molecule has 0 radical (unpaired) electrons. The van der Waals surface area contributed by atoms with E-state index in [0.717, 1.165) is 38.2 Å². The lowest BCUT2D eigenvalue weighted by atomic mass is 9.83. The summed E-state index contributed by atoms with van der Waals surface area (Å²) in [6.07, 6.45) is 6.31. The van der Waals surface area contributed by atoms with Gasteiger partial charge in [0, 0.05) is 36.9 Å². The molecule has 4 nitrogen and oxygen atoms in total. The van der Waals surface area contributed by atoms with Gasteiger partial charge in [0.2, 0.25) is 0 Å². The topological polar surface area (TPSA) is 41.3 Å². The molecule has 0 amide bonds. The van der Waals surface area contributed by atoms with Crippen molar-refractivity contribution in [3.63, 3.8) is 0 Å². The number of hydrogen-bond donors (Lipinski definition) is 1. The van der Waals surface area contributed by atoms with Crippen LogP contribution in [-0.4, -0.2) is 39.5 Å². The molecular weight excluding hydrogens is 262 g/mol. The highest BCUT2D eigenvalue weighted by molar-refractivity contribution is 5.30. The van der Waals surface area contributed by atoms with Crippen molar-refractivity contribution in [1.29, 1.82) is 0 Å². The lowest BCUT2D eigenvalue weighted by Gasteiger charge is -2.39. The van der Waals surface area contributed by atoms with E-state index in [0.29, 0.717) is 0 Å². The fourth-order valence-corrected chi connectivity index (χ4v) is 3.11. The quantitative estimate of drug-likeness (QED) is 0.938. The lowest BCUT2D eigenvalue weighted by molar-refractivity contribution is 0.0429. The van der Waals surface area contributed by atoms with Gasteiger partial charge in [0.25, 0.3) is 0 Å². The Morgan fingerprint density at radius 3 is 2.86 bits per heavy atom. The van der Waals surface area contributed by atoms with Crippen LogP contribution >= 0.6 is 0 Å². The molecule has 1 unspecified atom stereocenters. The van der Waals surface area contributed by atoms with E-state index in [1.807, 2.05) is 29.1 Å². The van der Waals surface area contributed by atoms with Crippen molar-refractivity contribution >= 4 is 0 Å². The molecule has 2 heterocycles. The van der Waals surface area contributed by atoms with E-state index in [4.69, 9.17) is 0 Å². The van der Waals surface area contributed by atoms with Gasteiger partial charge in [-0.3, -0.25) is 4.90 Å². The molecule has 3 rings (SSSR count). The van der Waals surface area contributed by atoms with Gasteiger partial charge in [-0.05, 0) is 31.5 Å². The van der Waals surface area contributed by atoms with Gasteiger partial charge in [-0.2, -0.15) is 5.10 Å². The zero-order valence-corrected chi connectivity index (χ0v) is 12.6. The van der Waals surface area contributed by atoms with Crippen LogP contribution in [0.4, 0.5) is 0 Å². The number of rotatable bonds is 4. The van der Waals surface area contributed by atoms with Gasteiger partial charge >= 0.3 is 0 Å². The molecule has 1 aromatic carbocycles. The molecule has 1 fully saturated rings. The zero-order chi connectivity index (χ0) is 14.7. The molecular formula is C17H23N3O. The Balaban J connectivity index is 1.67. The van der Waals surface area contributed by atoms with Crippen molar-refractivity contribution < 1.29 is 5.11 Å². The second-order valence-corrected chi connectivity index (χ2v) is 6.41. The van der Waals surface area contributed by atoms with Gasteiger partial charge in [0.1, 0.15) is 0 Å². The number of aromatic nitrogens is 2. The van der Waals surface area contributed by atoms with Crippen LogP contribution in [0.3, 0.4) is 0 Å². The van der Waals surface area contributed by atoms with Gasteiger partial charge in [0.15, 0.2) is 0 Å². The van der Waals surface area contributed by atoms with Gasteiger partial charge < -0.3 is 5.11 Å². The number of aliphatic hydroxyl groups is 1.